The highest BCUT2D eigenvalue weighted by atomic mass is 32.2. The monoisotopic (exact) mass is 419 g/mol. The smallest absolute Gasteiger partial charge is 0.321 e. The van der Waals surface area contributed by atoms with Crippen LogP contribution in [0.5, 0.6) is 0 Å². The van der Waals surface area contributed by atoms with Crippen molar-refractivity contribution in [2.24, 2.45) is 0 Å². The molecule has 8 heteroatoms. The summed E-state index contributed by atoms with van der Waals surface area (Å²) in [6.45, 7) is 1.28. The molecule has 1 aliphatic heterocycles. The van der Waals surface area contributed by atoms with Gasteiger partial charge in [0.05, 0.1) is 17.9 Å². The van der Waals surface area contributed by atoms with E-state index in [0.29, 0.717) is 13.1 Å². The largest absolute Gasteiger partial charge is 0.472 e. The van der Waals surface area contributed by atoms with Crippen molar-refractivity contribution >= 4 is 34.6 Å². The number of nitrogens with zero attached hydrogens (tertiary/aromatic N) is 4. The van der Waals surface area contributed by atoms with Gasteiger partial charge in [-0.1, -0.05) is 0 Å². The minimum Gasteiger partial charge on any atom is -0.472 e. The van der Waals surface area contributed by atoms with Crippen molar-refractivity contribution < 1.29 is 9.21 Å². The van der Waals surface area contributed by atoms with Gasteiger partial charge in [-0.25, -0.2) is 14.8 Å². The Morgan fingerprint density at radius 3 is 2.87 bits per heavy atom. The lowest BCUT2D eigenvalue weighted by atomic mass is 10.2. The standard InChI is InChI=1S/C22H21N5O2S/c1-30-18-6-4-16(5-7-18)24-22(28)26-11-8-17(13-26)27-20(15-9-12-29-14-15)25-19-3-2-10-23-21(19)27/h2-7,9-10,12,14,17H,8,11,13H2,1H3,(H,24,28). The first-order chi connectivity index (χ1) is 14.7. The van der Waals surface area contributed by atoms with E-state index in [0.717, 1.165) is 34.7 Å². The topological polar surface area (TPSA) is 76.2 Å². The van der Waals surface area contributed by atoms with Gasteiger partial charge in [-0.2, -0.15) is 0 Å². The molecule has 30 heavy (non-hydrogen) atoms. The molecular weight excluding hydrogens is 398 g/mol. The Labute approximate surface area is 178 Å². The van der Waals surface area contributed by atoms with E-state index in [9.17, 15) is 4.79 Å². The molecule has 0 saturated carbocycles. The number of rotatable bonds is 4. The Hall–Kier alpha value is -3.26. The number of nitrogens with one attached hydrogen (secondary N) is 1. The van der Waals surface area contributed by atoms with Crippen LogP contribution >= 0.6 is 11.8 Å². The number of aromatic nitrogens is 3. The highest BCUT2D eigenvalue weighted by molar-refractivity contribution is 7.98. The number of likely N-dealkylation sites (tertiary alicyclic amines) is 1. The Morgan fingerprint density at radius 1 is 1.23 bits per heavy atom. The summed E-state index contributed by atoms with van der Waals surface area (Å²) in [4.78, 5) is 25.2. The number of hydrogen-bond donors (Lipinski definition) is 1. The second-order valence-electron chi connectivity index (χ2n) is 7.21. The predicted molar refractivity (Wildman–Crippen MR) is 118 cm³/mol. The van der Waals surface area contributed by atoms with Crippen LogP contribution in [-0.4, -0.2) is 44.8 Å². The number of thioether (sulfide) groups is 1. The Balaban J connectivity index is 1.38. The van der Waals surface area contributed by atoms with Gasteiger partial charge < -0.3 is 19.2 Å². The normalized spacial score (nSPS) is 16.3. The zero-order valence-electron chi connectivity index (χ0n) is 16.5. The van der Waals surface area contributed by atoms with Gasteiger partial charge in [0.2, 0.25) is 0 Å². The molecule has 1 unspecified atom stereocenters. The maximum absolute atomic E-state index is 12.8. The molecule has 3 aromatic heterocycles. The van der Waals surface area contributed by atoms with Crippen LogP contribution in [0.25, 0.3) is 22.6 Å². The number of imidazole rings is 1. The van der Waals surface area contributed by atoms with Gasteiger partial charge in [0.15, 0.2) is 5.65 Å². The molecule has 1 fully saturated rings. The SMILES string of the molecule is CSc1ccc(NC(=O)N2CCC(n3c(-c4ccoc4)nc4cccnc43)C2)cc1. The van der Waals surface area contributed by atoms with Crippen LogP contribution in [0.15, 0.2) is 70.5 Å². The fourth-order valence-electron chi connectivity index (χ4n) is 3.88. The molecular formula is C22H21N5O2S. The minimum absolute atomic E-state index is 0.0864. The lowest BCUT2D eigenvalue weighted by Crippen LogP contribution is -2.33. The molecule has 1 saturated heterocycles. The first kappa shape index (κ1) is 18.7. The Kier molecular flexibility index (Phi) is 4.92. The van der Waals surface area contributed by atoms with Gasteiger partial charge in [-0.15, -0.1) is 11.8 Å². The fraction of sp³-hybridized carbons (Fsp3) is 0.227. The number of urea groups is 1. The van der Waals surface area contributed by atoms with E-state index in [1.807, 2.05) is 53.6 Å². The van der Waals surface area contributed by atoms with Crippen LogP contribution in [0.4, 0.5) is 10.5 Å². The van der Waals surface area contributed by atoms with Crippen molar-refractivity contribution in [1.82, 2.24) is 19.4 Å². The average molecular weight is 420 g/mol. The first-order valence-electron chi connectivity index (χ1n) is 9.78. The highest BCUT2D eigenvalue weighted by Crippen LogP contribution is 2.32. The Bertz CT molecular complexity index is 1170. The molecule has 1 aromatic carbocycles. The van der Waals surface area contributed by atoms with Crippen molar-refractivity contribution in [3.63, 3.8) is 0 Å². The summed E-state index contributed by atoms with van der Waals surface area (Å²) in [5.41, 5.74) is 3.37. The molecule has 1 aliphatic rings. The molecule has 0 radical (unpaired) electrons. The Morgan fingerprint density at radius 2 is 2.10 bits per heavy atom. The van der Waals surface area contributed by atoms with Crippen LogP contribution in [0.1, 0.15) is 12.5 Å². The van der Waals surface area contributed by atoms with Crippen LogP contribution in [0.3, 0.4) is 0 Å². The molecule has 1 N–H and O–H groups in total. The number of benzene rings is 1. The van der Waals surface area contributed by atoms with E-state index in [2.05, 4.69) is 14.9 Å². The van der Waals surface area contributed by atoms with Gasteiger partial charge in [0, 0.05) is 29.9 Å². The third-order valence-electron chi connectivity index (χ3n) is 5.39. The third kappa shape index (κ3) is 3.43. The zero-order chi connectivity index (χ0) is 20.5. The molecule has 7 nitrogen and oxygen atoms in total. The summed E-state index contributed by atoms with van der Waals surface area (Å²) >= 11 is 1.68. The van der Waals surface area contributed by atoms with Crippen LogP contribution in [0, 0.1) is 0 Å². The number of furan rings is 1. The van der Waals surface area contributed by atoms with E-state index >= 15 is 0 Å². The van der Waals surface area contributed by atoms with E-state index in [-0.39, 0.29) is 12.1 Å². The zero-order valence-corrected chi connectivity index (χ0v) is 17.3. The number of fused-ring (bicyclic) bond motifs is 1. The van der Waals surface area contributed by atoms with Crippen LogP contribution in [0.2, 0.25) is 0 Å². The molecule has 4 aromatic rings. The summed E-state index contributed by atoms with van der Waals surface area (Å²) < 4.78 is 7.41. The summed E-state index contributed by atoms with van der Waals surface area (Å²) in [7, 11) is 0. The first-order valence-corrected chi connectivity index (χ1v) is 11.0. The van der Waals surface area contributed by atoms with Gasteiger partial charge >= 0.3 is 6.03 Å². The lowest BCUT2D eigenvalue weighted by Gasteiger charge is -2.19. The maximum Gasteiger partial charge on any atom is 0.321 e. The van der Waals surface area contributed by atoms with E-state index in [1.54, 1.807) is 30.5 Å². The van der Waals surface area contributed by atoms with Crippen LogP contribution in [-0.2, 0) is 0 Å². The molecule has 2 amide bonds. The van der Waals surface area contributed by atoms with Crippen molar-refractivity contribution in [2.45, 2.75) is 17.4 Å². The molecule has 152 valence electrons. The van der Waals surface area contributed by atoms with E-state index in [4.69, 9.17) is 9.40 Å². The quantitative estimate of drug-likeness (QED) is 0.477. The third-order valence-corrected chi connectivity index (χ3v) is 6.13. The minimum atomic E-state index is -0.0864. The highest BCUT2D eigenvalue weighted by Gasteiger charge is 2.31. The maximum atomic E-state index is 12.8. The second-order valence-corrected chi connectivity index (χ2v) is 8.09. The van der Waals surface area contributed by atoms with Gasteiger partial charge in [0.1, 0.15) is 17.6 Å². The predicted octanol–water partition coefficient (Wildman–Crippen LogP) is 4.89. The fourth-order valence-corrected chi connectivity index (χ4v) is 4.29. The van der Waals surface area contributed by atoms with Crippen molar-refractivity contribution in [1.29, 1.82) is 0 Å². The number of pyridine rings is 1. The van der Waals surface area contributed by atoms with Crippen molar-refractivity contribution in [3.8, 4) is 11.4 Å². The summed E-state index contributed by atoms with van der Waals surface area (Å²) in [5, 5.41) is 3.00. The number of carbonyl (C=O) groups is 1. The van der Waals surface area contributed by atoms with Gasteiger partial charge in [0.25, 0.3) is 0 Å². The second kappa shape index (κ2) is 7.87. The number of hydrogen-bond acceptors (Lipinski definition) is 5. The number of amides is 2. The molecule has 1 atom stereocenters. The van der Waals surface area contributed by atoms with Crippen molar-refractivity contribution in [3.05, 3.63) is 61.2 Å². The van der Waals surface area contributed by atoms with Gasteiger partial charge in [-0.05, 0) is 55.1 Å². The van der Waals surface area contributed by atoms with Crippen LogP contribution < -0.4 is 5.32 Å². The average Bonchev–Trinajstić information content (AvgIpc) is 3.52. The molecule has 0 bridgehead atoms. The molecule has 4 heterocycles. The lowest BCUT2D eigenvalue weighted by molar-refractivity contribution is 0.221. The molecule has 5 rings (SSSR count). The summed E-state index contributed by atoms with van der Waals surface area (Å²) in [5.74, 6) is 0.817. The van der Waals surface area contributed by atoms with Gasteiger partial charge in [-0.3, -0.25) is 0 Å². The summed E-state index contributed by atoms with van der Waals surface area (Å²) in [6.07, 6.45) is 7.98. The molecule has 0 spiro atoms. The molecule has 0 aliphatic carbocycles. The summed E-state index contributed by atoms with van der Waals surface area (Å²) in [6, 6.07) is 13.6. The number of carbonyl (C=O) groups excluding carboxylic acids is 1. The number of anilines is 1. The van der Waals surface area contributed by atoms with E-state index in [1.165, 1.54) is 4.90 Å². The van der Waals surface area contributed by atoms with Crippen molar-refractivity contribution in [2.75, 3.05) is 24.7 Å². The van der Waals surface area contributed by atoms with E-state index < -0.39 is 0 Å².